The van der Waals surface area contributed by atoms with Crippen LogP contribution >= 0.6 is 0 Å². The number of allylic oxidation sites excluding steroid dienone is 2. The number of hydrogen-bond acceptors (Lipinski definition) is 0. The Morgan fingerprint density at radius 2 is 0.724 bits per heavy atom. The molecule has 15 fully saturated rings. The summed E-state index contributed by atoms with van der Waals surface area (Å²) in [5, 5.41) is 0. The number of fused-ring (bicyclic) bond motifs is 34. The van der Waals surface area contributed by atoms with Crippen LogP contribution in [-0.4, -0.2) is 0 Å². The standard InChI is InChI=1S/C134H156/c1-2-24-82(25-3-1)83-56-62-90(63-57-83)129(91-64-60-89(61-65-91)98-35-23-47-126-131(98)114-34-12-21-46-125(114)132(126)117-38-13-4-26-101(117)102-27-5-14-39-118(102)132)111-77-76-97(99-36-22-37-100(99)111)88-58-66-92(67-59-88)130-112-74-70-93(84-48-52-86(53-49-84)95-68-72-109-107-32-10-19-44-123(107)133(127(109)80-95)119-40-15-6-28-103(119)104-29-7-16-41-120(104)133)78-115(112)116-79-94(71-75-113(116)130)85-50-54-87(55-51-85)96-69-73-110-108-33-11-20-45-124(108)134(128(110)81-96)121-42-17-8-30-105(121)106-31-9-18-43-122(106)134/h1-3,6-11,15-20,24-25,28-33,40-45,48-49,52-53,56,68,72,80,85,87-94,96-102,110-118,125-126,128-131H,4-5,12-14,21-23,26-27,34-39,46-47,50-51,54-55,57-67,69-71,73-79,81H2. The van der Waals surface area contributed by atoms with Gasteiger partial charge in [-0.2, -0.15) is 0 Å². The number of hydrogen-bond donors (Lipinski definition) is 0. The van der Waals surface area contributed by atoms with E-state index in [1.807, 2.05) is 0 Å². The van der Waals surface area contributed by atoms with E-state index in [4.69, 9.17) is 0 Å². The van der Waals surface area contributed by atoms with Gasteiger partial charge in [0.2, 0.25) is 0 Å². The van der Waals surface area contributed by atoms with Gasteiger partial charge in [-0.05, 0) is 532 Å². The van der Waals surface area contributed by atoms with Crippen LogP contribution in [0, 0.1) is 177 Å². The first-order chi connectivity index (χ1) is 66.4. The van der Waals surface area contributed by atoms with Gasteiger partial charge in [0, 0.05) is 5.41 Å². The molecule has 25 atom stereocenters. The van der Waals surface area contributed by atoms with E-state index in [0.29, 0.717) is 17.8 Å². The molecule has 0 bridgehead atoms. The highest BCUT2D eigenvalue weighted by molar-refractivity contribution is 5.96. The fourth-order valence-electron chi connectivity index (χ4n) is 43.9. The molecule has 9 aromatic rings. The molecule has 0 amide bonds. The summed E-state index contributed by atoms with van der Waals surface area (Å²) >= 11 is 0. The third-order valence-corrected chi connectivity index (χ3v) is 47.8. The zero-order valence-corrected chi connectivity index (χ0v) is 81.4. The zero-order chi connectivity index (χ0) is 87.6. The second kappa shape index (κ2) is 33.5. The van der Waals surface area contributed by atoms with Crippen LogP contribution in [0.5, 0.6) is 0 Å². The molecule has 29 rings (SSSR count). The third kappa shape index (κ3) is 12.5. The lowest BCUT2D eigenvalue weighted by Crippen LogP contribution is -2.47. The molecular weight excluding hydrogens is 1610 g/mol. The van der Waals surface area contributed by atoms with Crippen LogP contribution in [-0.2, 0) is 10.8 Å². The molecule has 0 aromatic heterocycles. The van der Waals surface area contributed by atoms with Crippen LogP contribution in [0.1, 0.15) is 350 Å². The maximum Gasteiger partial charge on any atom is 0.0725 e. The van der Waals surface area contributed by atoms with Crippen molar-refractivity contribution in [3.05, 3.63) is 280 Å². The molecule has 0 N–H and O–H groups in total. The molecule has 692 valence electrons. The Hall–Kier alpha value is -7.28. The van der Waals surface area contributed by atoms with Crippen molar-refractivity contribution in [2.75, 3.05) is 0 Å². The minimum absolute atomic E-state index is 0.0211. The van der Waals surface area contributed by atoms with Gasteiger partial charge in [-0.15, -0.1) is 0 Å². The summed E-state index contributed by atoms with van der Waals surface area (Å²) in [6.45, 7) is 0. The summed E-state index contributed by atoms with van der Waals surface area (Å²) in [4.78, 5) is 0. The maximum atomic E-state index is 2.84. The normalized spacial score (nSPS) is 40.3. The van der Waals surface area contributed by atoms with Gasteiger partial charge < -0.3 is 0 Å². The molecular formula is C134H156. The van der Waals surface area contributed by atoms with E-state index < -0.39 is 0 Å². The predicted octanol–water partition coefficient (Wildman–Crippen LogP) is 35.2. The van der Waals surface area contributed by atoms with Crippen LogP contribution in [0.4, 0.5) is 0 Å². The fraction of sp³-hybridized carbons (Fsp3) is 0.582. The topological polar surface area (TPSA) is 0 Å². The van der Waals surface area contributed by atoms with E-state index >= 15 is 0 Å². The summed E-state index contributed by atoms with van der Waals surface area (Å²) < 4.78 is 0. The van der Waals surface area contributed by atoms with Crippen molar-refractivity contribution in [3.8, 4) is 44.5 Å². The minimum atomic E-state index is -0.320. The van der Waals surface area contributed by atoms with Gasteiger partial charge in [0.05, 0.1) is 5.41 Å². The van der Waals surface area contributed by atoms with Crippen LogP contribution < -0.4 is 0 Å². The third-order valence-electron chi connectivity index (χ3n) is 47.8. The van der Waals surface area contributed by atoms with E-state index in [2.05, 4.69) is 224 Å². The molecule has 3 spiro atoms. The van der Waals surface area contributed by atoms with Gasteiger partial charge in [-0.1, -0.05) is 270 Å². The average Bonchev–Trinajstić information content (AvgIpc) is 1.51. The number of rotatable bonds is 11. The fourth-order valence-corrected chi connectivity index (χ4v) is 43.9. The van der Waals surface area contributed by atoms with Crippen molar-refractivity contribution in [2.24, 2.45) is 177 Å². The van der Waals surface area contributed by atoms with Crippen LogP contribution in [0.2, 0.25) is 0 Å². The second-order valence-corrected chi connectivity index (χ2v) is 51.2. The first kappa shape index (κ1) is 83.7. The molecule has 134 heavy (non-hydrogen) atoms. The lowest BCUT2D eigenvalue weighted by Gasteiger charge is -2.53. The van der Waals surface area contributed by atoms with Crippen molar-refractivity contribution >= 4 is 5.57 Å². The van der Waals surface area contributed by atoms with Gasteiger partial charge in [-0.3, -0.25) is 0 Å². The summed E-state index contributed by atoms with van der Waals surface area (Å²) in [6.07, 6.45) is 70.7. The highest BCUT2D eigenvalue weighted by Crippen LogP contribution is 2.80. The van der Waals surface area contributed by atoms with Gasteiger partial charge >= 0.3 is 0 Å². The summed E-state index contributed by atoms with van der Waals surface area (Å²) in [7, 11) is 0. The first-order valence-corrected chi connectivity index (χ1v) is 58.0. The Kier molecular flexibility index (Phi) is 20.9. The summed E-state index contributed by atoms with van der Waals surface area (Å²) in [6, 6.07) is 87.2. The lowest BCUT2D eigenvalue weighted by molar-refractivity contribution is -0.0493. The van der Waals surface area contributed by atoms with Crippen molar-refractivity contribution in [2.45, 2.75) is 305 Å². The van der Waals surface area contributed by atoms with Gasteiger partial charge in [0.25, 0.3) is 0 Å². The van der Waals surface area contributed by atoms with Crippen molar-refractivity contribution < 1.29 is 0 Å². The van der Waals surface area contributed by atoms with Gasteiger partial charge in [0.15, 0.2) is 0 Å². The Bertz CT molecular complexity index is 5750. The first-order valence-electron chi connectivity index (χ1n) is 58.0. The Labute approximate surface area is 806 Å². The zero-order valence-electron chi connectivity index (χ0n) is 81.4. The molecule has 0 saturated heterocycles. The Balaban J connectivity index is 0.425. The Morgan fingerprint density at radius 1 is 0.246 bits per heavy atom. The molecule has 20 aliphatic rings. The molecule has 0 nitrogen and oxygen atoms in total. The van der Waals surface area contributed by atoms with E-state index in [9.17, 15) is 0 Å². The molecule has 20 aliphatic carbocycles. The van der Waals surface area contributed by atoms with Crippen LogP contribution in [0.15, 0.2) is 224 Å². The maximum absolute atomic E-state index is 2.84. The molecule has 0 heterocycles. The SMILES string of the molecule is C1=C(c2ccccc2)CCC(C(C2CCC(C3CCCC4C3C3CCCCC3C43C4CCCCC4C4CCCCC43)CC2)C2CCC(C3CCC(C4C5CCC(c6ccc(-c7ccc8c(c7)C7(c9ccccc9-c9ccccc97)c7ccccc7-8)cc6)CC5C5CC(C6CCC(C7CCC8c9ccccc9C9(c%10ccccc%10-c%10ccccc%109)C8C7)CC6)CCC54)CC3)C3CCCC32)C1. The van der Waals surface area contributed by atoms with Crippen molar-refractivity contribution in [3.63, 3.8) is 0 Å². The molecule has 25 unspecified atom stereocenters. The highest BCUT2D eigenvalue weighted by atomic mass is 14.8. The number of benzene rings is 9. The average molecular weight is 1770 g/mol. The largest absolute Gasteiger partial charge is 0.0804 e. The lowest BCUT2D eigenvalue weighted by atomic mass is 9.51. The molecule has 0 radical (unpaired) electrons. The second-order valence-electron chi connectivity index (χ2n) is 51.2. The van der Waals surface area contributed by atoms with Gasteiger partial charge in [-0.25, -0.2) is 0 Å². The van der Waals surface area contributed by atoms with E-state index in [-0.39, 0.29) is 10.8 Å². The van der Waals surface area contributed by atoms with E-state index in [1.54, 1.807) is 232 Å². The summed E-state index contributed by atoms with van der Waals surface area (Å²) in [5.74, 6) is 29.9. The molecule has 9 aromatic carbocycles. The van der Waals surface area contributed by atoms with Gasteiger partial charge in [0.1, 0.15) is 0 Å². The molecule has 15 saturated carbocycles. The van der Waals surface area contributed by atoms with E-state index in [1.165, 1.54) is 156 Å². The summed E-state index contributed by atoms with van der Waals surface area (Å²) in [5.41, 5.74) is 28.9. The van der Waals surface area contributed by atoms with E-state index in [0.717, 1.165) is 171 Å². The highest BCUT2D eigenvalue weighted by Gasteiger charge is 2.73. The minimum Gasteiger partial charge on any atom is -0.0804 e. The monoisotopic (exact) mass is 1770 g/mol. The van der Waals surface area contributed by atoms with Crippen LogP contribution in [0.3, 0.4) is 0 Å². The molecule has 0 aliphatic heterocycles. The quantitative estimate of drug-likeness (QED) is 0.121. The van der Waals surface area contributed by atoms with Crippen LogP contribution in [0.25, 0.3) is 50.1 Å². The predicted molar refractivity (Wildman–Crippen MR) is 553 cm³/mol. The van der Waals surface area contributed by atoms with Crippen molar-refractivity contribution in [1.29, 1.82) is 0 Å². The smallest absolute Gasteiger partial charge is 0.0725 e. The molecule has 0 heteroatoms. The van der Waals surface area contributed by atoms with Crippen molar-refractivity contribution in [1.82, 2.24) is 0 Å². The Morgan fingerprint density at radius 3 is 1.38 bits per heavy atom.